The van der Waals surface area contributed by atoms with E-state index in [0.717, 1.165) is 11.1 Å². The monoisotopic (exact) mass is 265 g/mol. The van der Waals surface area contributed by atoms with Gasteiger partial charge in [0.25, 0.3) is 0 Å². The van der Waals surface area contributed by atoms with Crippen molar-refractivity contribution >= 4 is 17.3 Å². The second-order valence-corrected chi connectivity index (χ2v) is 4.49. The Balaban J connectivity index is 2.10. The van der Waals surface area contributed by atoms with Gasteiger partial charge in [0.15, 0.2) is 11.6 Å². The molecule has 0 aromatic heterocycles. The average molecular weight is 266 g/mol. The van der Waals surface area contributed by atoms with Crippen LogP contribution in [0, 0.1) is 12.7 Å². The standard InChI is InChI=1S/C14H13ClFNO/c1-9-6-14(12(16)7-13(9)17)18-8-10-2-4-11(15)5-3-10/h2-7H,8,17H2,1H3. The highest BCUT2D eigenvalue weighted by Gasteiger charge is 2.06. The van der Waals surface area contributed by atoms with Gasteiger partial charge in [0.1, 0.15) is 6.61 Å². The van der Waals surface area contributed by atoms with E-state index in [2.05, 4.69) is 0 Å². The van der Waals surface area contributed by atoms with Gasteiger partial charge in [-0.2, -0.15) is 0 Å². The molecule has 0 unspecified atom stereocenters. The summed E-state index contributed by atoms with van der Waals surface area (Å²) in [6.45, 7) is 2.10. The van der Waals surface area contributed by atoms with Crippen molar-refractivity contribution in [2.24, 2.45) is 0 Å². The molecule has 18 heavy (non-hydrogen) atoms. The highest BCUT2D eigenvalue weighted by atomic mass is 35.5. The van der Waals surface area contributed by atoms with Crippen LogP contribution in [0.15, 0.2) is 36.4 Å². The van der Waals surface area contributed by atoms with Crippen molar-refractivity contribution in [2.75, 3.05) is 5.73 Å². The molecule has 0 saturated carbocycles. The number of nitrogen functional groups attached to an aromatic ring is 1. The first-order valence-electron chi connectivity index (χ1n) is 5.49. The normalized spacial score (nSPS) is 10.4. The lowest BCUT2D eigenvalue weighted by molar-refractivity contribution is 0.290. The maximum Gasteiger partial charge on any atom is 0.167 e. The molecule has 2 aromatic carbocycles. The van der Waals surface area contributed by atoms with E-state index in [1.807, 2.05) is 19.1 Å². The van der Waals surface area contributed by atoms with Gasteiger partial charge >= 0.3 is 0 Å². The SMILES string of the molecule is Cc1cc(OCc2ccc(Cl)cc2)c(F)cc1N. The quantitative estimate of drug-likeness (QED) is 0.853. The third-order valence-electron chi connectivity index (χ3n) is 2.63. The lowest BCUT2D eigenvalue weighted by Crippen LogP contribution is -1.99. The van der Waals surface area contributed by atoms with E-state index in [9.17, 15) is 4.39 Å². The molecule has 0 radical (unpaired) electrons. The van der Waals surface area contributed by atoms with E-state index in [0.29, 0.717) is 10.7 Å². The molecule has 2 rings (SSSR count). The molecular weight excluding hydrogens is 253 g/mol. The van der Waals surface area contributed by atoms with Crippen molar-refractivity contribution in [3.8, 4) is 5.75 Å². The topological polar surface area (TPSA) is 35.2 Å². The molecule has 0 aliphatic rings. The molecule has 0 fully saturated rings. The zero-order valence-electron chi connectivity index (χ0n) is 9.91. The molecule has 94 valence electrons. The highest BCUT2D eigenvalue weighted by Crippen LogP contribution is 2.24. The molecule has 0 amide bonds. The van der Waals surface area contributed by atoms with E-state index in [-0.39, 0.29) is 12.4 Å². The van der Waals surface area contributed by atoms with Crippen LogP contribution in [0.25, 0.3) is 0 Å². The third-order valence-corrected chi connectivity index (χ3v) is 2.88. The number of anilines is 1. The molecule has 0 atom stereocenters. The first kappa shape index (κ1) is 12.7. The van der Waals surface area contributed by atoms with Gasteiger partial charge in [-0.3, -0.25) is 0 Å². The van der Waals surface area contributed by atoms with Crippen LogP contribution < -0.4 is 10.5 Å². The number of nitrogens with two attached hydrogens (primary N) is 1. The van der Waals surface area contributed by atoms with E-state index in [1.54, 1.807) is 18.2 Å². The van der Waals surface area contributed by atoms with Crippen LogP contribution in [0.4, 0.5) is 10.1 Å². The van der Waals surface area contributed by atoms with E-state index >= 15 is 0 Å². The lowest BCUT2D eigenvalue weighted by atomic mass is 10.2. The Morgan fingerprint density at radius 3 is 2.56 bits per heavy atom. The molecule has 2 aromatic rings. The summed E-state index contributed by atoms with van der Waals surface area (Å²) in [6, 6.07) is 10.1. The summed E-state index contributed by atoms with van der Waals surface area (Å²) in [5.41, 5.74) is 7.74. The third kappa shape index (κ3) is 2.93. The van der Waals surface area contributed by atoms with Gasteiger partial charge in [0.05, 0.1) is 0 Å². The number of halogens is 2. The number of hydrogen-bond acceptors (Lipinski definition) is 2. The zero-order chi connectivity index (χ0) is 13.1. The Hall–Kier alpha value is -1.74. The molecule has 4 heteroatoms. The first-order valence-corrected chi connectivity index (χ1v) is 5.87. The average Bonchev–Trinajstić information content (AvgIpc) is 2.34. The van der Waals surface area contributed by atoms with Crippen molar-refractivity contribution in [2.45, 2.75) is 13.5 Å². The lowest BCUT2D eigenvalue weighted by Gasteiger charge is -2.09. The summed E-state index contributed by atoms with van der Waals surface area (Å²) >= 11 is 5.78. The van der Waals surface area contributed by atoms with Crippen LogP contribution in [0.3, 0.4) is 0 Å². The molecule has 0 aliphatic carbocycles. The smallest absolute Gasteiger partial charge is 0.167 e. The second kappa shape index (κ2) is 5.27. The molecular formula is C14H13ClFNO. The highest BCUT2D eigenvalue weighted by molar-refractivity contribution is 6.30. The summed E-state index contributed by atoms with van der Waals surface area (Å²) in [5.74, 6) is -0.247. The number of benzene rings is 2. The Morgan fingerprint density at radius 1 is 1.22 bits per heavy atom. The summed E-state index contributed by atoms with van der Waals surface area (Å²) in [5, 5.41) is 0.660. The summed E-state index contributed by atoms with van der Waals surface area (Å²) in [7, 11) is 0. The molecule has 0 bridgehead atoms. The zero-order valence-corrected chi connectivity index (χ0v) is 10.7. The van der Waals surface area contributed by atoms with Gasteiger partial charge in [-0.05, 0) is 36.2 Å². The Morgan fingerprint density at radius 2 is 1.89 bits per heavy atom. The van der Waals surface area contributed by atoms with Crippen molar-refractivity contribution in [3.05, 3.63) is 58.4 Å². The van der Waals surface area contributed by atoms with Gasteiger partial charge < -0.3 is 10.5 Å². The minimum absolute atomic E-state index is 0.205. The van der Waals surface area contributed by atoms with Gasteiger partial charge in [0, 0.05) is 16.8 Å². The molecule has 0 saturated heterocycles. The Bertz CT molecular complexity index is 554. The number of rotatable bonds is 3. The predicted molar refractivity (Wildman–Crippen MR) is 71.3 cm³/mol. The number of hydrogen-bond donors (Lipinski definition) is 1. The van der Waals surface area contributed by atoms with Crippen LogP contribution in [-0.4, -0.2) is 0 Å². The van der Waals surface area contributed by atoms with Gasteiger partial charge in [-0.15, -0.1) is 0 Å². The first-order chi connectivity index (χ1) is 8.56. The molecule has 0 heterocycles. The van der Waals surface area contributed by atoms with Crippen molar-refractivity contribution in [1.29, 1.82) is 0 Å². The minimum atomic E-state index is -0.452. The number of aryl methyl sites for hydroxylation is 1. The largest absolute Gasteiger partial charge is 0.486 e. The minimum Gasteiger partial charge on any atom is -0.486 e. The van der Waals surface area contributed by atoms with Crippen molar-refractivity contribution in [1.82, 2.24) is 0 Å². The van der Waals surface area contributed by atoms with Crippen molar-refractivity contribution in [3.63, 3.8) is 0 Å². The van der Waals surface area contributed by atoms with E-state index < -0.39 is 5.82 Å². The van der Waals surface area contributed by atoms with Crippen LogP contribution >= 0.6 is 11.6 Å². The summed E-state index contributed by atoms with van der Waals surface area (Å²) < 4.78 is 19.0. The Labute approximate surface area is 110 Å². The van der Waals surface area contributed by atoms with E-state index in [4.69, 9.17) is 22.1 Å². The fourth-order valence-corrected chi connectivity index (χ4v) is 1.65. The van der Waals surface area contributed by atoms with Crippen molar-refractivity contribution < 1.29 is 9.13 Å². The second-order valence-electron chi connectivity index (χ2n) is 4.05. The van der Waals surface area contributed by atoms with Gasteiger partial charge in [-0.1, -0.05) is 23.7 Å². The van der Waals surface area contributed by atoms with Crippen LogP contribution in [0.1, 0.15) is 11.1 Å². The van der Waals surface area contributed by atoms with Gasteiger partial charge in [-0.25, -0.2) is 4.39 Å². The van der Waals surface area contributed by atoms with Crippen LogP contribution in [-0.2, 0) is 6.61 Å². The molecule has 2 N–H and O–H groups in total. The Kier molecular flexibility index (Phi) is 3.72. The van der Waals surface area contributed by atoms with Crippen LogP contribution in [0.2, 0.25) is 5.02 Å². The molecule has 2 nitrogen and oxygen atoms in total. The maximum absolute atomic E-state index is 13.6. The molecule has 0 spiro atoms. The molecule has 0 aliphatic heterocycles. The van der Waals surface area contributed by atoms with Gasteiger partial charge in [0.2, 0.25) is 0 Å². The maximum atomic E-state index is 13.6. The summed E-state index contributed by atoms with van der Waals surface area (Å²) in [4.78, 5) is 0. The summed E-state index contributed by atoms with van der Waals surface area (Å²) in [6.07, 6.45) is 0. The predicted octanol–water partition coefficient (Wildman–Crippen LogP) is 3.95. The fourth-order valence-electron chi connectivity index (χ4n) is 1.52. The number of ether oxygens (including phenoxy) is 1. The van der Waals surface area contributed by atoms with E-state index in [1.165, 1.54) is 6.07 Å². The van der Waals surface area contributed by atoms with Crippen LogP contribution in [0.5, 0.6) is 5.75 Å². The fraction of sp³-hybridized carbons (Fsp3) is 0.143.